The van der Waals surface area contributed by atoms with Gasteiger partial charge in [-0.1, -0.05) is 26.2 Å². The number of nitrogens with zero attached hydrogens (tertiary/aromatic N) is 1. The van der Waals surface area contributed by atoms with E-state index in [-0.39, 0.29) is 5.60 Å². The van der Waals surface area contributed by atoms with Gasteiger partial charge in [0, 0.05) is 19.1 Å². The van der Waals surface area contributed by atoms with Gasteiger partial charge in [-0.3, -0.25) is 4.90 Å². The number of likely N-dealkylation sites (tertiary alicyclic amines) is 1. The van der Waals surface area contributed by atoms with Gasteiger partial charge in [0.15, 0.2) is 0 Å². The van der Waals surface area contributed by atoms with Crippen LogP contribution in [0.25, 0.3) is 0 Å². The van der Waals surface area contributed by atoms with Gasteiger partial charge in [-0.25, -0.2) is 0 Å². The Bertz CT molecular complexity index is 239. The predicted molar refractivity (Wildman–Crippen MR) is 75.8 cm³/mol. The van der Waals surface area contributed by atoms with Crippen molar-refractivity contribution >= 4 is 0 Å². The Morgan fingerprint density at radius 2 is 2.00 bits per heavy atom. The highest BCUT2D eigenvalue weighted by atomic mass is 16.3. The lowest BCUT2D eigenvalue weighted by molar-refractivity contribution is -0.0321. The molecule has 1 heterocycles. The first-order chi connectivity index (χ1) is 8.72. The van der Waals surface area contributed by atoms with Crippen molar-refractivity contribution in [1.82, 2.24) is 10.2 Å². The van der Waals surface area contributed by atoms with Crippen LogP contribution < -0.4 is 5.32 Å². The Morgan fingerprint density at radius 1 is 1.22 bits per heavy atom. The van der Waals surface area contributed by atoms with Crippen LogP contribution in [0.2, 0.25) is 0 Å². The molecule has 2 rings (SSSR count). The third-order valence-electron chi connectivity index (χ3n) is 4.49. The van der Waals surface area contributed by atoms with E-state index < -0.39 is 0 Å². The zero-order chi connectivity index (χ0) is 12.8. The highest BCUT2D eigenvalue weighted by Gasteiger charge is 2.32. The largest absolute Gasteiger partial charge is 0.389 e. The van der Waals surface area contributed by atoms with E-state index in [4.69, 9.17) is 0 Å². The van der Waals surface area contributed by atoms with Crippen molar-refractivity contribution in [3.63, 3.8) is 0 Å². The summed E-state index contributed by atoms with van der Waals surface area (Å²) in [6.07, 6.45) is 9.53. The molecule has 0 aromatic carbocycles. The number of rotatable bonds is 5. The van der Waals surface area contributed by atoms with Crippen LogP contribution in [0.5, 0.6) is 0 Å². The standard InChI is InChI=1S/C15H30N2O/c1-2-10-16-14-7-6-11-17(12-14)13-15(18)8-4-3-5-9-15/h14,16,18H,2-13H2,1H3. The van der Waals surface area contributed by atoms with Gasteiger partial charge in [0.05, 0.1) is 5.60 Å². The van der Waals surface area contributed by atoms with E-state index in [1.807, 2.05) is 0 Å². The SMILES string of the molecule is CCCNC1CCCN(CC2(O)CCCCC2)C1. The van der Waals surface area contributed by atoms with E-state index in [0.717, 1.165) is 32.5 Å². The second kappa shape index (κ2) is 6.88. The third-order valence-corrected chi connectivity index (χ3v) is 4.49. The van der Waals surface area contributed by atoms with Gasteiger partial charge in [0.1, 0.15) is 0 Å². The fourth-order valence-corrected chi connectivity index (χ4v) is 3.50. The van der Waals surface area contributed by atoms with E-state index >= 15 is 0 Å². The molecule has 1 aliphatic heterocycles. The molecule has 1 saturated heterocycles. The number of aliphatic hydroxyl groups is 1. The van der Waals surface area contributed by atoms with Crippen LogP contribution in [-0.2, 0) is 0 Å². The van der Waals surface area contributed by atoms with Gasteiger partial charge in [-0.05, 0) is 45.2 Å². The molecule has 0 amide bonds. The predicted octanol–water partition coefficient (Wildman–Crippen LogP) is 2.15. The molecule has 3 heteroatoms. The first-order valence-electron chi connectivity index (χ1n) is 7.90. The maximum atomic E-state index is 10.6. The topological polar surface area (TPSA) is 35.5 Å². The maximum Gasteiger partial charge on any atom is 0.0774 e. The monoisotopic (exact) mass is 254 g/mol. The highest BCUT2D eigenvalue weighted by molar-refractivity contribution is 4.88. The Morgan fingerprint density at radius 3 is 2.72 bits per heavy atom. The van der Waals surface area contributed by atoms with Crippen LogP contribution in [0.3, 0.4) is 0 Å². The van der Waals surface area contributed by atoms with Crippen molar-refractivity contribution in [2.24, 2.45) is 0 Å². The lowest BCUT2D eigenvalue weighted by Gasteiger charge is -2.40. The first-order valence-corrected chi connectivity index (χ1v) is 7.90. The highest BCUT2D eigenvalue weighted by Crippen LogP contribution is 2.29. The number of hydrogen-bond donors (Lipinski definition) is 2. The van der Waals surface area contributed by atoms with Crippen molar-refractivity contribution in [2.75, 3.05) is 26.2 Å². The summed E-state index contributed by atoms with van der Waals surface area (Å²) in [7, 11) is 0. The number of piperidine rings is 1. The summed E-state index contributed by atoms with van der Waals surface area (Å²) in [4.78, 5) is 2.49. The van der Waals surface area contributed by atoms with Crippen LogP contribution in [0.15, 0.2) is 0 Å². The van der Waals surface area contributed by atoms with E-state index in [0.29, 0.717) is 6.04 Å². The molecule has 1 saturated carbocycles. The van der Waals surface area contributed by atoms with Gasteiger partial charge in [0.2, 0.25) is 0 Å². The minimum Gasteiger partial charge on any atom is -0.389 e. The molecule has 0 aromatic rings. The fourth-order valence-electron chi connectivity index (χ4n) is 3.50. The molecule has 3 nitrogen and oxygen atoms in total. The average molecular weight is 254 g/mol. The molecule has 2 N–H and O–H groups in total. The molecular weight excluding hydrogens is 224 g/mol. The molecule has 2 fully saturated rings. The van der Waals surface area contributed by atoms with Crippen molar-refractivity contribution in [1.29, 1.82) is 0 Å². The Kier molecular flexibility index (Phi) is 5.46. The van der Waals surface area contributed by atoms with Crippen LogP contribution >= 0.6 is 0 Å². The normalized spacial score (nSPS) is 29.3. The quantitative estimate of drug-likeness (QED) is 0.789. The van der Waals surface area contributed by atoms with Crippen LogP contribution in [0, 0.1) is 0 Å². The lowest BCUT2D eigenvalue weighted by Crippen LogP contribution is -2.52. The Balaban J connectivity index is 1.77. The molecule has 0 radical (unpaired) electrons. The molecule has 1 aliphatic carbocycles. The molecule has 18 heavy (non-hydrogen) atoms. The molecule has 2 aliphatic rings. The second-order valence-electron chi connectivity index (χ2n) is 6.31. The molecule has 0 spiro atoms. The zero-order valence-corrected chi connectivity index (χ0v) is 12.0. The number of hydrogen-bond acceptors (Lipinski definition) is 3. The Hall–Kier alpha value is -0.120. The van der Waals surface area contributed by atoms with Gasteiger partial charge in [-0.15, -0.1) is 0 Å². The number of nitrogens with one attached hydrogen (secondary N) is 1. The van der Waals surface area contributed by atoms with Crippen LogP contribution in [0.1, 0.15) is 58.3 Å². The average Bonchev–Trinajstić information content (AvgIpc) is 2.37. The minimum atomic E-state index is -0.384. The van der Waals surface area contributed by atoms with Gasteiger partial charge < -0.3 is 10.4 Å². The summed E-state index contributed by atoms with van der Waals surface area (Å²) < 4.78 is 0. The summed E-state index contributed by atoms with van der Waals surface area (Å²) in [5.41, 5.74) is -0.384. The smallest absolute Gasteiger partial charge is 0.0774 e. The van der Waals surface area contributed by atoms with Crippen LogP contribution in [0.4, 0.5) is 0 Å². The van der Waals surface area contributed by atoms with E-state index in [1.54, 1.807) is 0 Å². The second-order valence-corrected chi connectivity index (χ2v) is 6.31. The maximum absolute atomic E-state index is 10.6. The van der Waals surface area contributed by atoms with E-state index in [9.17, 15) is 5.11 Å². The summed E-state index contributed by atoms with van der Waals surface area (Å²) in [5.74, 6) is 0. The molecular formula is C15H30N2O. The van der Waals surface area contributed by atoms with Gasteiger partial charge >= 0.3 is 0 Å². The molecule has 1 atom stereocenters. The van der Waals surface area contributed by atoms with Crippen molar-refractivity contribution in [3.8, 4) is 0 Å². The van der Waals surface area contributed by atoms with Gasteiger partial charge in [0.25, 0.3) is 0 Å². The summed E-state index contributed by atoms with van der Waals surface area (Å²) >= 11 is 0. The van der Waals surface area contributed by atoms with Crippen molar-refractivity contribution < 1.29 is 5.11 Å². The first kappa shape index (κ1) is 14.3. The lowest BCUT2D eigenvalue weighted by atomic mass is 9.84. The molecule has 1 unspecified atom stereocenters. The van der Waals surface area contributed by atoms with Crippen molar-refractivity contribution in [2.45, 2.75) is 69.9 Å². The van der Waals surface area contributed by atoms with Gasteiger partial charge in [-0.2, -0.15) is 0 Å². The molecule has 0 bridgehead atoms. The summed E-state index contributed by atoms with van der Waals surface area (Å²) in [6, 6.07) is 0.644. The molecule has 0 aromatic heterocycles. The summed E-state index contributed by atoms with van der Waals surface area (Å²) in [5, 5.41) is 14.3. The Labute approximate surface area is 112 Å². The van der Waals surface area contributed by atoms with E-state index in [2.05, 4.69) is 17.1 Å². The third kappa shape index (κ3) is 4.22. The molecule has 106 valence electrons. The summed E-state index contributed by atoms with van der Waals surface area (Å²) in [6.45, 7) is 6.55. The number of β-amino-alcohol motifs (C(OH)–C–C–N with tert-alkyl or cyclic N) is 1. The zero-order valence-electron chi connectivity index (χ0n) is 12.0. The fraction of sp³-hybridized carbons (Fsp3) is 1.00. The van der Waals surface area contributed by atoms with E-state index in [1.165, 1.54) is 45.1 Å². The van der Waals surface area contributed by atoms with Crippen molar-refractivity contribution in [3.05, 3.63) is 0 Å². The van der Waals surface area contributed by atoms with Crippen LogP contribution in [-0.4, -0.2) is 47.8 Å². The minimum absolute atomic E-state index is 0.384.